The minimum atomic E-state index is -0.0424. The largest absolute Gasteiger partial charge is 0.467 e. The zero-order valence-corrected chi connectivity index (χ0v) is 16.8. The molecule has 6 nitrogen and oxygen atoms in total. The van der Waals surface area contributed by atoms with E-state index in [9.17, 15) is 9.59 Å². The van der Waals surface area contributed by atoms with E-state index >= 15 is 0 Å². The number of hydrogen-bond donors (Lipinski definition) is 0. The van der Waals surface area contributed by atoms with Gasteiger partial charge in [0, 0.05) is 26.1 Å². The van der Waals surface area contributed by atoms with E-state index in [2.05, 4.69) is 6.92 Å². The van der Waals surface area contributed by atoms with E-state index in [0.717, 1.165) is 50.9 Å². The molecule has 152 valence electrons. The summed E-state index contributed by atoms with van der Waals surface area (Å²) in [5, 5.41) is 0. The third-order valence-electron chi connectivity index (χ3n) is 4.89. The van der Waals surface area contributed by atoms with Gasteiger partial charge in [0.25, 0.3) is 0 Å². The maximum absolute atomic E-state index is 13.0. The van der Waals surface area contributed by atoms with Gasteiger partial charge in [-0.2, -0.15) is 0 Å². The van der Waals surface area contributed by atoms with Crippen LogP contribution in [0.4, 0.5) is 0 Å². The number of hydrogen-bond acceptors (Lipinski definition) is 4. The van der Waals surface area contributed by atoms with Crippen LogP contribution in [0.5, 0.6) is 0 Å². The van der Waals surface area contributed by atoms with Crippen LogP contribution in [0.25, 0.3) is 0 Å². The maximum Gasteiger partial charge on any atom is 0.242 e. The Morgan fingerprint density at radius 3 is 2.63 bits per heavy atom. The average Bonchev–Trinajstić information content (AvgIpc) is 3.35. The fraction of sp³-hybridized carbons (Fsp3) is 0.714. The molecule has 1 atom stereocenters. The van der Waals surface area contributed by atoms with Crippen molar-refractivity contribution < 1.29 is 18.7 Å². The average molecular weight is 379 g/mol. The predicted octanol–water partition coefficient (Wildman–Crippen LogP) is 3.61. The molecular formula is C21H34N2O4. The summed E-state index contributed by atoms with van der Waals surface area (Å²) in [6.45, 7) is 6.61. The van der Waals surface area contributed by atoms with Gasteiger partial charge in [0.1, 0.15) is 5.76 Å². The van der Waals surface area contributed by atoms with Gasteiger partial charge in [-0.25, -0.2) is 0 Å². The van der Waals surface area contributed by atoms with E-state index in [1.165, 1.54) is 0 Å². The number of nitrogens with zero attached hydrogens (tertiary/aromatic N) is 2. The lowest BCUT2D eigenvalue weighted by molar-refractivity contribution is -0.142. The van der Waals surface area contributed by atoms with Crippen molar-refractivity contribution in [1.29, 1.82) is 0 Å². The molecule has 0 aromatic carbocycles. The first-order valence-electron chi connectivity index (χ1n) is 10.3. The molecule has 27 heavy (non-hydrogen) atoms. The smallest absolute Gasteiger partial charge is 0.242 e. The molecule has 6 heteroatoms. The van der Waals surface area contributed by atoms with Crippen molar-refractivity contribution in [2.75, 3.05) is 26.2 Å². The quantitative estimate of drug-likeness (QED) is 0.521. The third kappa shape index (κ3) is 7.37. The van der Waals surface area contributed by atoms with Crippen LogP contribution in [-0.4, -0.2) is 54.0 Å². The molecule has 1 aliphatic heterocycles. The van der Waals surface area contributed by atoms with Crippen molar-refractivity contribution in [2.24, 2.45) is 0 Å². The van der Waals surface area contributed by atoms with Crippen molar-refractivity contribution in [3.8, 4) is 0 Å². The Morgan fingerprint density at radius 1 is 1.15 bits per heavy atom. The van der Waals surface area contributed by atoms with Gasteiger partial charge >= 0.3 is 0 Å². The lowest BCUT2D eigenvalue weighted by Gasteiger charge is -2.28. The minimum absolute atomic E-state index is 0.0424. The number of furan rings is 1. The first-order chi connectivity index (χ1) is 13.1. The van der Waals surface area contributed by atoms with Gasteiger partial charge in [-0.1, -0.05) is 26.7 Å². The van der Waals surface area contributed by atoms with E-state index in [1.807, 2.05) is 19.1 Å². The Hall–Kier alpha value is -1.82. The standard InChI is InChI=1S/C21H34N2O4/c1-3-5-6-11-20(24)22(12-4-2)17-21(25)23(15-18-9-7-13-26-18)16-19-10-8-14-27-19/h7,9,13,19H,3-6,8,10-12,14-17H2,1-2H3/t19-/m1/s1. The highest BCUT2D eigenvalue weighted by Gasteiger charge is 2.25. The molecule has 0 aliphatic carbocycles. The van der Waals surface area contributed by atoms with Gasteiger partial charge < -0.3 is 19.0 Å². The Kier molecular flexibility index (Phi) is 9.39. The molecule has 2 heterocycles. The highest BCUT2D eigenvalue weighted by molar-refractivity contribution is 5.84. The molecule has 1 saturated heterocycles. The number of ether oxygens (including phenoxy) is 1. The van der Waals surface area contributed by atoms with Crippen LogP contribution in [0, 0.1) is 0 Å². The van der Waals surface area contributed by atoms with E-state index in [4.69, 9.17) is 9.15 Å². The summed E-state index contributed by atoms with van der Waals surface area (Å²) in [6, 6.07) is 3.69. The van der Waals surface area contributed by atoms with Gasteiger partial charge in [-0.15, -0.1) is 0 Å². The summed E-state index contributed by atoms with van der Waals surface area (Å²) in [4.78, 5) is 29.0. The van der Waals surface area contributed by atoms with E-state index in [-0.39, 0.29) is 24.5 Å². The molecule has 0 radical (unpaired) electrons. The lowest BCUT2D eigenvalue weighted by Crippen LogP contribution is -2.45. The van der Waals surface area contributed by atoms with Crippen molar-refractivity contribution in [1.82, 2.24) is 9.80 Å². The highest BCUT2D eigenvalue weighted by atomic mass is 16.5. The first kappa shape index (κ1) is 21.5. The van der Waals surface area contributed by atoms with Crippen molar-refractivity contribution in [3.63, 3.8) is 0 Å². The van der Waals surface area contributed by atoms with Crippen LogP contribution in [0.15, 0.2) is 22.8 Å². The summed E-state index contributed by atoms with van der Waals surface area (Å²) in [5.41, 5.74) is 0. The zero-order valence-electron chi connectivity index (χ0n) is 16.8. The van der Waals surface area contributed by atoms with Gasteiger partial charge in [-0.05, 0) is 37.8 Å². The summed E-state index contributed by atoms with van der Waals surface area (Å²) in [7, 11) is 0. The van der Waals surface area contributed by atoms with Crippen LogP contribution < -0.4 is 0 Å². The molecule has 1 aromatic heterocycles. The second-order valence-corrected chi connectivity index (χ2v) is 7.26. The van der Waals surface area contributed by atoms with Crippen LogP contribution in [-0.2, 0) is 20.9 Å². The number of carbonyl (C=O) groups excluding carboxylic acids is 2. The van der Waals surface area contributed by atoms with Crippen LogP contribution in [0.1, 0.15) is 64.6 Å². The molecule has 1 fully saturated rings. The summed E-state index contributed by atoms with van der Waals surface area (Å²) in [6.07, 6.45) is 8.06. The monoisotopic (exact) mass is 378 g/mol. The number of rotatable bonds is 12. The molecule has 1 aliphatic rings. The van der Waals surface area contributed by atoms with E-state index in [1.54, 1.807) is 16.1 Å². The molecule has 2 amide bonds. The van der Waals surface area contributed by atoms with Crippen molar-refractivity contribution in [2.45, 2.75) is 71.4 Å². The van der Waals surface area contributed by atoms with Gasteiger partial charge in [-0.3, -0.25) is 9.59 Å². The van der Waals surface area contributed by atoms with Gasteiger partial charge in [0.15, 0.2) is 0 Å². The summed E-state index contributed by atoms with van der Waals surface area (Å²) < 4.78 is 11.1. The molecule has 2 rings (SSSR count). The van der Waals surface area contributed by atoms with Crippen LogP contribution >= 0.6 is 0 Å². The highest BCUT2D eigenvalue weighted by Crippen LogP contribution is 2.16. The molecule has 0 unspecified atom stereocenters. The van der Waals surface area contributed by atoms with Crippen molar-refractivity contribution >= 4 is 11.8 Å². The maximum atomic E-state index is 13.0. The second-order valence-electron chi connectivity index (χ2n) is 7.26. The molecule has 0 N–H and O–H groups in total. The summed E-state index contributed by atoms with van der Waals surface area (Å²) in [5.74, 6) is 0.783. The molecular weight excluding hydrogens is 344 g/mol. The lowest BCUT2D eigenvalue weighted by atomic mass is 10.2. The zero-order chi connectivity index (χ0) is 19.5. The number of unbranched alkanes of at least 4 members (excludes halogenated alkanes) is 2. The Morgan fingerprint density at radius 2 is 2.00 bits per heavy atom. The van der Waals surface area contributed by atoms with E-state index in [0.29, 0.717) is 26.1 Å². The predicted molar refractivity (Wildman–Crippen MR) is 104 cm³/mol. The third-order valence-corrected chi connectivity index (χ3v) is 4.89. The number of amides is 2. The first-order valence-corrected chi connectivity index (χ1v) is 10.3. The SMILES string of the molecule is CCCCCC(=O)N(CCC)CC(=O)N(Cc1ccco1)C[C@H]1CCCO1. The molecule has 1 aromatic rings. The normalized spacial score (nSPS) is 16.4. The van der Waals surface area contributed by atoms with Crippen molar-refractivity contribution in [3.05, 3.63) is 24.2 Å². The number of carbonyl (C=O) groups is 2. The van der Waals surface area contributed by atoms with Gasteiger partial charge in [0.05, 0.1) is 25.5 Å². The fourth-order valence-electron chi connectivity index (χ4n) is 3.39. The van der Waals surface area contributed by atoms with E-state index < -0.39 is 0 Å². The molecule has 0 spiro atoms. The van der Waals surface area contributed by atoms with Gasteiger partial charge in [0.2, 0.25) is 11.8 Å². The van der Waals surface area contributed by atoms with Crippen LogP contribution in [0.2, 0.25) is 0 Å². The molecule has 0 bridgehead atoms. The Labute approximate surface area is 162 Å². The second kappa shape index (κ2) is 11.8. The molecule has 0 saturated carbocycles. The minimum Gasteiger partial charge on any atom is -0.467 e. The topological polar surface area (TPSA) is 63.0 Å². The Bertz CT molecular complexity index is 553. The van der Waals surface area contributed by atoms with Crippen LogP contribution in [0.3, 0.4) is 0 Å². The Balaban J connectivity index is 1.98. The fourth-order valence-corrected chi connectivity index (χ4v) is 3.39. The summed E-state index contributed by atoms with van der Waals surface area (Å²) >= 11 is 0.